The molecule has 0 aliphatic carbocycles. The summed E-state index contributed by atoms with van der Waals surface area (Å²) in [5, 5.41) is 7.38. The summed E-state index contributed by atoms with van der Waals surface area (Å²) in [6.45, 7) is 5.07. The van der Waals surface area contributed by atoms with E-state index in [0.717, 1.165) is 6.07 Å². The number of alkyl carbamates (subject to hydrolysis) is 1. The average Bonchev–Trinajstić information content (AvgIpc) is 2.48. The normalized spacial score (nSPS) is 11.6. The molecule has 1 rings (SSSR count). The molecule has 0 heterocycles. The number of hydrogen-bond acceptors (Lipinski definition) is 4. The first-order valence-corrected chi connectivity index (χ1v) is 7.45. The molecule has 0 unspecified atom stereocenters. The van der Waals surface area contributed by atoms with Crippen LogP contribution in [-0.2, 0) is 14.3 Å². The third kappa shape index (κ3) is 6.23. The number of benzene rings is 1. The molecule has 0 saturated heterocycles. The first-order chi connectivity index (χ1) is 11.2. The standard InChI is InChI=1S/C16H22FN3O4/c1-9(2)7-14(20-16(23)24-4)15(22)19-11-5-6-12(17)13(8-11)18-10(3)21/h5-6,8-9,14H,7H2,1-4H3,(H,18,21)(H,19,22)(H,20,23)/t14-/m0/s1. The third-order valence-corrected chi connectivity index (χ3v) is 3.05. The van der Waals surface area contributed by atoms with Crippen LogP contribution in [0.1, 0.15) is 27.2 Å². The van der Waals surface area contributed by atoms with Crippen molar-refractivity contribution in [1.82, 2.24) is 5.32 Å². The molecule has 3 N–H and O–H groups in total. The molecule has 0 spiro atoms. The van der Waals surface area contributed by atoms with Gasteiger partial charge in [0.1, 0.15) is 11.9 Å². The number of methoxy groups -OCH3 is 1. The van der Waals surface area contributed by atoms with E-state index in [1.807, 2.05) is 13.8 Å². The van der Waals surface area contributed by atoms with E-state index < -0.39 is 29.8 Å². The van der Waals surface area contributed by atoms with E-state index in [1.54, 1.807) is 0 Å². The minimum atomic E-state index is -0.799. The van der Waals surface area contributed by atoms with Gasteiger partial charge < -0.3 is 20.7 Å². The Kier molecular flexibility index (Phi) is 7.16. The molecule has 8 heteroatoms. The van der Waals surface area contributed by atoms with Crippen molar-refractivity contribution in [3.05, 3.63) is 24.0 Å². The Hall–Kier alpha value is -2.64. The molecule has 0 radical (unpaired) electrons. The van der Waals surface area contributed by atoms with Crippen molar-refractivity contribution in [2.75, 3.05) is 17.7 Å². The van der Waals surface area contributed by atoms with Gasteiger partial charge in [-0.05, 0) is 30.5 Å². The zero-order chi connectivity index (χ0) is 18.3. The van der Waals surface area contributed by atoms with E-state index in [1.165, 1.54) is 26.2 Å². The van der Waals surface area contributed by atoms with Gasteiger partial charge >= 0.3 is 6.09 Å². The van der Waals surface area contributed by atoms with E-state index >= 15 is 0 Å². The van der Waals surface area contributed by atoms with Gasteiger partial charge in [-0.15, -0.1) is 0 Å². The zero-order valence-electron chi connectivity index (χ0n) is 14.1. The molecule has 0 fully saturated rings. The summed E-state index contributed by atoms with van der Waals surface area (Å²) in [5.74, 6) is -1.35. The number of ether oxygens (including phenoxy) is 1. The fourth-order valence-corrected chi connectivity index (χ4v) is 2.02. The number of anilines is 2. The first-order valence-electron chi connectivity index (χ1n) is 7.45. The molecule has 3 amide bonds. The fraction of sp³-hybridized carbons (Fsp3) is 0.438. The minimum Gasteiger partial charge on any atom is -0.453 e. The largest absolute Gasteiger partial charge is 0.453 e. The molecule has 1 aromatic rings. The lowest BCUT2D eigenvalue weighted by Crippen LogP contribution is -2.44. The van der Waals surface area contributed by atoms with Crippen molar-refractivity contribution in [3.63, 3.8) is 0 Å². The molecule has 7 nitrogen and oxygen atoms in total. The van der Waals surface area contributed by atoms with Gasteiger partial charge in [-0.25, -0.2) is 9.18 Å². The van der Waals surface area contributed by atoms with Crippen molar-refractivity contribution < 1.29 is 23.5 Å². The van der Waals surface area contributed by atoms with Crippen molar-refractivity contribution in [3.8, 4) is 0 Å². The minimum absolute atomic E-state index is 0.0402. The highest BCUT2D eigenvalue weighted by Gasteiger charge is 2.22. The lowest BCUT2D eigenvalue weighted by molar-refractivity contribution is -0.118. The van der Waals surface area contributed by atoms with Crippen LogP contribution in [0.5, 0.6) is 0 Å². The highest BCUT2D eigenvalue weighted by atomic mass is 19.1. The highest BCUT2D eigenvalue weighted by molar-refractivity contribution is 5.97. The molecule has 1 atom stereocenters. The summed E-state index contributed by atoms with van der Waals surface area (Å²) < 4.78 is 18.1. The van der Waals surface area contributed by atoms with Crippen LogP contribution in [0, 0.1) is 11.7 Å². The monoisotopic (exact) mass is 339 g/mol. The van der Waals surface area contributed by atoms with E-state index in [4.69, 9.17) is 0 Å². The van der Waals surface area contributed by atoms with Crippen molar-refractivity contribution in [2.24, 2.45) is 5.92 Å². The molecule has 0 bridgehead atoms. The summed E-state index contributed by atoms with van der Waals surface area (Å²) in [7, 11) is 1.21. The quantitative estimate of drug-likeness (QED) is 0.742. The van der Waals surface area contributed by atoms with Crippen molar-refractivity contribution in [2.45, 2.75) is 33.2 Å². The second-order valence-electron chi connectivity index (χ2n) is 5.68. The van der Waals surface area contributed by atoms with Crippen LogP contribution < -0.4 is 16.0 Å². The lowest BCUT2D eigenvalue weighted by atomic mass is 10.0. The molecular formula is C16H22FN3O4. The molecule has 24 heavy (non-hydrogen) atoms. The van der Waals surface area contributed by atoms with Gasteiger partial charge in [-0.3, -0.25) is 9.59 Å². The third-order valence-electron chi connectivity index (χ3n) is 3.05. The lowest BCUT2D eigenvalue weighted by Gasteiger charge is -2.19. The van der Waals surface area contributed by atoms with Gasteiger partial charge in [0, 0.05) is 12.6 Å². The van der Waals surface area contributed by atoms with Crippen LogP contribution in [-0.4, -0.2) is 31.1 Å². The topological polar surface area (TPSA) is 96.5 Å². The number of halogens is 1. The Labute approximate surface area is 139 Å². The number of carbonyl (C=O) groups excluding carboxylic acids is 3. The second-order valence-corrected chi connectivity index (χ2v) is 5.68. The van der Waals surface area contributed by atoms with E-state index in [2.05, 4.69) is 20.7 Å². The predicted molar refractivity (Wildman–Crippen MR) is 88.1 cm³/mol. The number of amides is 3. The maximum atomic E-state index is 13.6. The maximum absolute atomic E-state index is 13.6. The van der Waals surface area contributed by atoms with Gasteiger partial charge in [-0.2, -0.15) is 0 Å². The van der Waals surface area contributed by atoms with Gasteiger partial charge in [0.2, 0.25) is 11.8 Å². The van der Waals surface area contributed by atoms with Crippen LogP contribution in [0.2, 0.25) is 0 Å². The average molecular weight is 339 g/mol. The summed E-state index contributed by atoms with van der Waals surface area (Å²) in [6, 6.07) is 3.00. The van der Waals surface area contributed by atoms with E-state index in [-0.39, 0.29) is 11.6 Å². The number of carbonyl (C=O) groups is 3. The molecule has 132 valence electrons. The van der Waals surface area contributed by atoms with Crippen molar-refractivity contribution in [1.29, 1.82) is 0 Å². The smallest absolute Gasteiger partial charge is 0.407 e. The van der Waals surface area contributed by atoms with Crippen molar-refractivity contribution >= 4 is 29.3 Å². The highest BCUT2D eigenvalue weighted by Crippen LogP contribution is 2.20. The Balaban J connectivity index is 2.89. The number of rotatable bonds is 6. The van der Waals surface area contributed by atoms with Gasteiger partial charge in [-0.1, -0.05) is 13.8 Å². The van der Waals surface area contributed by atoms with E-state index in [9.17, 15) is 18.8 Å². The molecule has 0 aliphatic heterocycles. The molecule has 1 aromatic carbocycles. The molecule has 0 aliphatic rings. The number of hydrogen-bond donors (Lipinski definition) is 3. The Morgan fingerprint density at radius 1 is 1.21 bits per heavy atom. The Morgan fingerprint density at radius 2 is 1.88 bits per heavy atom. The van der Waals surface area contributed by atoms with Gasteiger partial charge in [0.15, 0.2) is 0 Å². The summed E-state index contributed by atoms with van der Waals surface area (Å²) in [5.41, 5.74) is 0.257. The summed E-state index contributed by atoms with van der Waals surface area (Å²) in [6.07, 6.45) is -0.311. The second kappa shape index (κ2) is 8.85. The first kappa shape index (κ1) is 19.4. The summed E-state index contributed by atoms with van der Waals surface area (Å²) >= 11 is 0. The SMILES string of the molecule is COC(=O)N[C@@H](CC(C)C)C(=O)Nc1ccc(F)c(NC(C)=O)c1. The van der Waals surface area contributed by atoms with Crippen LogP contribution in [0.25, 0.3) is 0 Å². The van der Waals surface area contributed by atoms with Crippen LogP contribution in [0.4, 0.5) is 20.6 Å². The zero-order valence-corrected chi connectivity index (χ0v) is 14.1. The van der Waals surface area contributed by atoms with Crippen LogP contribution in [0.3, 0.4) is 0 Å². The van der Waals surface area contributed by atoms with Crippen LogP contribution in [0.15, 0.2) is 18.2 Å². The Morgan fingerprint density at radius 3 is 2.42 bits per heavy atom. The molecular weight excluding hydrogens is 317 g/mol. The summed E-state index contributed by atoms with van der Waals surface area (Å²) in [4.78, 5) is 34.8. The maximum Gasteiger partial charge on any atom is 0.407 e. The number of nitrogens with one attached hydrogen (secondary N) is 3. The fourth-order valence-electron chi connectivity index (χ4n) is 2.02. The van der Waals surface area contributed by atoms with E-state index in [0.29, 0.717) is 12.1 Å². The Bertz CT molecular complexity index is 619. The van der Waals surface area contributed by atoms with Gasteiger partial charge in [0.05, 0.1) is 12.8 Å². The molecule has 0 saturated carbocycles. The predicted octanol–water partition coefficient (Wildman–Crippen LogP) is 2.49. The van der Waals surface area contributed by atoms with Gasteiger partial charge in [0.25, 0.3) is 0 Å². The molecule has 0 aromatic heterocycles. The van der Waals surface area contributed by atoms with Crippen LogP contribution >= 0.6 is 0 Å².